The van der Waals surface area contributed by atoms with Crippen LogP contribution in [0.5, 0.6) is 0 Å². The minimum atomic E-state index is -0.585. The first-order chi connectivity index (χ1) is 9.14. The molecule has 3 unspecified atom stereocenters. The van der Waals surface area contributed by atoms with Crippen LogP contribution < -0.4 is 5.32 Å². The van der Waals surface area contributed by atoms with Crippen LogP contribution in [0.1, 0.15) is 41.0 Å². The van der Waals surface area contributed by atoms with Crippen LogP contribution in [0.25, 0.3) is 0 Å². The summed E-state index contributed by atoms with van der Waals surface area (Å²) in [5.41, 5.74) is -0.557. The van der Waals surface area contributed by atoms with E-state index in [2.05, 4.69) is 10.1 Å². The third-order valence-corrected chi connectivity index (χ3v) is 2.78. The van der Waals surface area contributed by atoms with Gasteiger partial charge in [-0.2, -0.15) is 0 Å². The average molecular weight is 287 g/mol. The quantitative estimate of drug-likeness (QED) is 0.617. The monoisotopic (exact) mass is 287 g/mol. The molecule has 1 aliphatic rings. The second-order valence-corrected chi connectivity index (χ2v) is 6.43. The highest BCUT2D eigenvalue weighted by atomic mass is 16.6. The Morgan fingerprint density at radius 1 is 1.30 bits per heavy atom. The van der Waals surface area contributed by atoms with E-state index < -0.39 is 23.8 Å². The molecule has 116 valence electrons. The molecule has 0 spiro atoms. The number of esters is 1. The molecule has 20 heavy (non-hydrogen) atoms. The number of amides is 1. The summed E-state index contributed by atoms with van der Waals surface area (Å²) in [7, 11) is 1.32. The van der Waals surface area contributed by atoms with Gasteiger partial charge >= 0.3 is 12.1 Å². The van der Waals surface area contributed by atoms with E-state index in [-0.39, 0.29) is 12.1 Å². The van der Waals surface area contributed by atoms with Gasteiger partial charge in [0.25, 0.3) is 0 Å². The molecule has 1 saturated heterocycles. The Bertz CT molecular complexity index is 361. The molecule has 0 radical (unpaired) electrons. The average Bonchev–Trinajstić information content (AvgIpc) is 3.03. The maximum atomic E-state index is 11.8. The van der Waals surface area contributed by atoms with Gasteiger partial charge in [0.15, 0.2) is 6.10 Å². The smallest absolute Gasteiger partial charge is 0.407 e. The number of nitrogens with one attached hydrogen (secondary N) is 1. The number of ether oxygens (including phenoxy) is 3. The summed E-state index contributed by atoms with van der Waals surface area (Å²) < 4.78 is 15.2. The van der Waals surface area contributed by atoms with E-state index in [0.29, 0.717) is 12.3 Å². The van der Waals surface area contributed by atoms with Gasteiger partial charge in [-0.05, 0) is 33.1 Å². The van der Waals surface area contributed by atoms with Gasteiger partial charge in [0, 0.05) is 0 Å². The number of hydrogen-bond acceptors (Lipinski definition) is 5. The van der Waals surface area contributed by atoms with Crippen LogP contribution in [0.2, 0.25) is 0 Å². The van der Waals surface area contributed by atoms with Crippen molar-refractivity contribution in [1.29, 1.82) is 0 Å². The van der Waals surface area contributed by atoms with E-state index >= 15 is 0 Å². The van der Waals surface area contributed by atoms with Crippen LogP contribution in [0.4, 0.5) is 4.79 Å². The molecule has 0 aromatic heterocycles. The summed E-state index contributed by atoms with van der Waals surface area (Å²) >= 11 is 0. The molecule has 0 aromatic rings. The Hall–Kier alpha value is -1.30. The molecule has 3 atom stereocenters. The number of carbonyl (C=O) groups excluding carboxylic acids is 2. The van der Waals surface area contributed by atoms with Gasteiger partial charge in [0.1, 0.15) is 11.7 Å². The molecule has 1 aliphatic heterocycles. The lowest BCUT2D eigenvalue weighted by atomic mass is 10.00. The molecule has 0 bridgehead atoms. The van der Waals surface area contributed by atoms with Crippen LogP contribution in [0.3, 0.4) is 0 Å². The molecule has 1 rings (SSSR count). The molecule has 6 nitrogen and oxygen atoms in total. The van der Waals surface area contributed by atoms with Crippen LogP contribution in [-0.2, 0) is 19.0 Å². The minimum Gasteiger partial charge on any atom is -0.467 e. The number of carbonyl (C=O) groups is 2. The summed E-state index contributed by atoms with van der Waals surface area (Å²) in [6.45, 7) is 9.48. The molecule has 0 aromatic carbocycles. The van der Waals surface area contributed by atoms with E-state index in [9.17, 15) is 9.59 Å². The topological polar surface area (TPSA) is 77.2 Å². The standard InChI is InChI=1S/C14H25NO5/c1-8(2)7-9(10-11(19-10)12(16)18-6)15-13(17)20-14(3,4)5/h8-11H,7H2,1-6H3,(H,15,17). The van der Waals surface area contributed by atoms with Crippen molar-refractivity contribution in [3.63, 3.8) is 0 Å². The summed E-state index contributed by atoms with van der Waals surface area (Å²) in [5.74, 6) is -0.0489. The van der Waals surface area contributed by atoms with Crippen LogP contribution in [0, 0.1) is 5.92 Å². The normalized spacial score (nSPS) is 23.1. The van der Waals surface area contributed by atoms with E-state index in [1.54, 1.807) is 20.8 Å². The third kappa shape index (κ3) is 5.36. The largest absolute Gasteiger partial charge is 0.467 e. The maximum absolute atomic E-state index is 11.8. The number of methoxy groups -OCH3 is 1. The van der Waals surface area contributed by atoms with Crippen LogP contribution >= 0.6 is 0 Å². The van der Waals surface area contributed by atoms with Crippen LogP contribution in [-0.4, -0.2) is 43.0 Å². The molecular formula is C14H25NO5. The molecular weight excluding hydrogens is 262 g/mol. The lowest BCUT2D eigenvalue weighted by Crippen LogP contribution is -2.43. The summed E-state index contributed by atoms with van der Waals surface area (Å²) in [5, 5.41) is 2.78. The molecule has 1 fully saturated rings. The summed E-state index contributed by atoms with van der Waals surface area (Å²) in [6.07, 6.45) is -0.712. The predicted octanol–water partition coefficient (Wildman–Crippen LogP) is 1.87. The van der Waals surface area contributed by atoms with Crippen molar-refractivity contribution >= 4 is 12.1 Å². The van der Waals surface area contributed by atoms with E-state index in [4.69, 9.17) is 9.47 Å². The zero-order chi connectivity index (χ0) is 15.5. The first-order valence-corrected chi connectivity index (χ1v) is 6.87. The molecule has 0 saturated carbocycles. The fourth-order valence-electron chi connectivity index (χ4n) is 1.98. The first kappa shape index (κ1) is 16.8. The van der Waals surface area contributed by atoms with E-state index in [0.717, 1.165) is 0 Å². The zero-order valence-electron chi connectivity index (χ0n) is 13.1. The predicted molar refractivity (Wildman–Crippen MR) is 73.3 cm³/mol. The van der Waals surface area contributed by atoms with Crippen molar-refractivity contribution in [2.24, 2.45) is 5.92 Å². The lowest BCUT2D eigenvalue weighted by Gasteiger charge is -2.23. The van der Waals surface area contributed by atoms with Gasteiger partial charge in [-0.15, -0.1) is 0 Å². The SMILES string of the molecule is COC(=O)C1OC1C(CC(C)C)NC(=O)OC(C)(C)C. The van der Waals surface area contributed by atoms with Gasteiger partial charge in [-0.3, -0.25) is 0 Å². The minimum absolute atomic E-state index is 0.256. The molecule has 1 N–H and O–H groups in total. The van der Waals surface area contributed by atoms with Crippen molar-refractivity contribution in [2.45, 2.75) is 64.9 Å². The van der Waals surface area contributed by atoms with Crippen molar-refractivity contribution in [3.05, 3.63) is 0 Å². The van der Waals surface area contributed by atoms with E-state index in [1.165, 1.54) is 7.11 Å². The van der Waals surface area contributed by atoms with Gasteiger partial charge in [0.2, 0.25) is 0 Å². The molecule has 1 heterocycles. The fourth-order valence-corrected chi connectivity index (χ4v) is 1.98. The highest BCUT2D eigenvalue weighted by Gasteiger charge is 2.51. The second kappa shape index (κ2) is 6.43. The summed E-state index contributed by atoms with van der Waals surface area (Å²) in [6, 6.07) is -0.256. The van der Waals surface area contributed by atoms with Gasteiger partial charge < -0.3 is 19.5 Å². The Labute approximate surface area is 120 Å². The Kier molecular flexibility index (Phi) is 5.39. The Balaban J connectivity index is 2.58. The fraction of sp³-hybridized carbons (Fsp3) is 0.857. The second-order valence-electron chi connectivity index (χ2n) is 6.43. The van der Waals surface area contributed by atoms with Crippen molar-refractivity contribution in [1.82, 2.24) is 5.32 Å². The summed E-state index contributed by atoms with van der Waals surface area (Å²) in [4.78, 5) is 23.2. The number of rotatable bonds is 5. The lowest BCUT2D eigenvalue weighted by molar-refractivity contribution is -0.142. The Morgan fingerprint density at radius 2 is 1.90 bits per heavy atom. The molecule has 0 aliphatic carbocycles. The van der Waals surface area contributed by atoms with Crippen molar-refractivity contribution in [3.8, 4) is 0 Å². The molecule has 6 heteroatoms. The number of alkyl carbamates (subject to hydrolysis) is 1. The van der Waals surface area contributed by atoms with Gasteiger partial charge in [0.05, 0.1) is 13.2 Å². The van der Waals surface area contributed by atoms with E-state index in [1.807, 2.05) is 13.8 Å². The van der Waals surface area contributed by atoms with Gasteiger partial charge in [-0.25, -0.2) is 9.59 Å². The number of epoxide rings is 1. The van der Waals surface area contributed by atoms with Crippen LogP contribution in [0.15, 0.2) is 0 Å². The molecule has 1 amide bonds. The number of hydrogen-bond donors (Lipinski definition) is 1. The van der Waals surface area contributed by atoms with Gasteiger partial charge in [-0.1, -0.05) is 13.8 Å². The van der Waals surface area contributed by atoms with Crippen molar-refractivity contribution in [2.75, 3.05) is 7.11 Å². The third-order valence-electron chi connectivity index (χ3n) is 2.78. The first-order valence-electron chi connectivity index (χ1n) is 6.87. The van der Waals surface area contributed by atoms with Crippen molar-refractivity contribution < 1.29 is 23.8 Å². The Morgan fingerprint density at radius 3 is 2.35 bits per heavy atom. The highest BCUT2D eigenvalue weighted by molar-refractivity contribution is 5.78. The maximum Gasteiger partial charge on any atom is 0.407 e. The highest BCUT2D eigenvalue weighted by Crippen LogP contribution is 2.29. The zero-order valence-corrected chi connectivity index (χ0v) is 13.1.